The summed E-state index contributed by atoms with van der Waals surface area (Å²) in [5.74, 6) is 1.28. The van der Waals surface area contributed by atoms with Gasteiger partial charge in [-0.15, -0.1) is 11.3 Å². The van der Waals surface area contributed by atoms with Crippen molar-refractivity contribution in [2.24, 2.45) is 5.10 Å². The zero-order valence-corrected chi connectivity index (χ0v) is 16.0. The molecule has 5 nitrogen and oxygen atoms in total. The molecule has 0 spiro atoms. The number of hydrazone groups is 1. The zero-order chi connectivity index (χ0) is 18.4. The molecule has 134 valence electrons. The monoisotopic (exact) mass is 387 g/mol. The van der Waals surface area contributed by atoms with Crippen molar-refractivity contribution in [1.29, 1.82) is 0 Å². The third kappa shape index (κ3) is 4.74. The van der Waals surface area contributed by atoms with E-state index in [0.717, 1.165) is 22.0 Å². The van der Waals surface area contributed by atoms with Crippen molar-refractivity contribution in [1.82, 2.24) is 4.98 Å². The quantitative estimate of drug-likeness (QED) is 0.450. The van der Waals surface area contributed by atoms with Gasteiger partial charge in [0.05, 0.1) is 19.0 Å². The van der Waals surface area contributed by atoms with Crippen molar-refractivity contribution >= 4 is 34.3 Å². The normalized spacial score (nSPS) is 10.9. The highest BCUT2D eigenvalue weighted by atomic mass is 35.5. The van der Waals surface area contributed by atoms with Gasteiger partial charge in [-0.2, -0.15) is 5.10 Å². The Hall–Kier alpha value is -2.57. The number of hydrogen-bond donors (Lipinski definition) is 1. The predicted molar refractivity (Wildman–Crippen MR) is 107 cm³/mol. The van der Waals surface area contributed by atoms with Crippen LogP contribution < -0.4 is 14.9 Å². The van der Waals surface area contributed by atoms with Gasteiger partial charge in [0.25, 0.3) is 0 Å². The lowest BCUT2D eigenvalue weighted by Crippen LogP contribution is -1.99. The SMILES string of the molecule is COc1cc(/C=N/Nc2nc(C)cs2)ccc1OCc1ccccc1Cl. The molecule has 3 aromatic rings. The fraction of sp³-hybridized carbons (Fsp3) is 0.158. The smallest absolute Gasteiger partial charge is 0.203 e. The van der Waals surface area contributed by atoms with Gasteiger partial charge in [0.15, 0.2) is 11.5 Å². The molecule has 1 aromatic heterocycles. The number of nitrogens with one attached hydrogen (secondary N) is 1. The Balaban J connectivity index is 1.66. The average Bonchev–Trinajstić information content (AvgIpc) is 3.06. The predicted octanol–water partition coefficient (Wildman–Crippen LogP) is 5.14. The summed E-state index contributed by atoms with van der Waals surface area (Å²) in [5, 5.41) is 7.59. The molecule has 0 fully saturated rings. The summed E-state index contributed by atoms with van der Waals surface area (Å²) >= 11 is 7.67. The molecule has 0 saturated heterocycles. The average molecular weight is 388 g/mol. The molecule has 0 saturated carbocycles. The summed E-state index contributed by atoms with van der Waals surface area (Å²) in [6, 6.07) is 13.2. The van der Waals surface area contributed by atoms with Gasteiger partial charge in [-0.3, -0.25) is 5.43 Å². The standard InChI is InChI=1S/C19H18ClN3O2S/c1-13-12-26-19(22-13)23-21-10-14-7-8-17(18(9-14)24-2)25-11-15-5-3-4-6-16(15)20/h3-10,12H,11H2,1-2H3,(H,22,23)/b21-10+. The van der Waals surface area contributed by atoms with Crippen LogP contribution in [0.2, 0.25) is 5.02 Å². The molecule has 0 aliphatic heterocycles. The van der Waals surface area contributed by atoms with Crippen molar-refractivity contribution in [3.63, 3.8) is 0 Å². The zero-order valence-electron chi connectivity index (χ0n) is 14.4. The Morgan fingerprint density at radius 2 is 2.08 bits per heavy atom. The van der Waals surface area contributed by atoms with E-state index < -0.39 is 0 Å². The number of methoxy groups -OCH3 is 1. The van der Waals surface area contributed by atoms with Crippen LogP contribution in [0.5, 0.6) is 11.5 Å². The van der Waals surface area contributed by atoms with Crippen LogP contribution in [0, 0.1) is 6.92 Å². The van der Waals surface area contributed by atoms with Crippen molar-refractivity contribution in [2.45, 2.75) is 13.5 Å². The molecule has 0 aliphatic carbocycles. The van der Waals surface area contributed by atoms with Crippen LogP contribution in [0.4, 0.5) is 5.13 Å². The van der Waals surface area contributed by atoms with Crippen molar-refractivity contribution in [2.75, 3.05) is 12.5 Å². The first-order valence-corrected chi connectivity index (χ1v) is 9.17. The number of benzene rings is 2. The summed E-state index contributed by atoms with van der Waals surface area (Å²) < 4.78 is 11.3. The van der Waals surface area contributed by atoms with Crippen LogP contribution >= 0.6 is 22.9 Å². The van der Waals surface area contributed by atoms with Crippen LogP contribution in [0.3, 0.4) is 0 Å². The van der Waals surface area contributed by atoms with E-state index >= 15 is 0 Å². The fourth-order valence-corrected chi connectivity index (χ4v) is 3.05. The molecular weight excluding hydrogens is 370 g/mol. The molecule has 1 heterocycles. The van der Waals surface area contributed by atoms with E-state index in [9.17, 15) is 0 Å². The number of anilines is 1. The first-order chi connectivity index (χ1) is 12.7. The topological polar surface area (TPSA) is 55.7 Å². The molecule has 0 radical (unpaired) electrons. The number of aryl methyl sites for hydroxylation is 1. The summed E-state index contributed by atoms with van der Waals surface area (Å²) in [4.78, 5) is 4.29. The van der Waals surface area contributed by atoms with E-state index in [0.29, 0.717) is 23.1 Å². The molecule has 7 heteroatoms. The van der Waals surface area contributed by atoms with Gasteiger partial charge in [-0.25, -0.2) is 4.98 Å². The van der Waals surface area contributed by atoms with Gasteiger partial charge >= 0.3 is 0 Å². The van der Waals surface area contributed by atoms with Gasteiger partial charge in [-0.1, -0.05) is 29.8 Å². The van der Waals surface area contributed by atoms with Gasteiger partial charge < -0.3 is 9.47 Å². The van der Waals surface area contributed by atoms with Crippen LogP contribution in [-0.2, 0) is 6.61 Å². The molecular formula is C19H18ClN3O2S. The molecule has 0 unspecified atom stereocenters. The molecule has 2 aromatic carbocycles. The van der Waals surface area contributed by atoms with Gasteiger partial charge in [-0.05, 0) is 36.8 Å². The maximum absolute atomic E-state index is 6.16. The molecule has 0 atom stereocenters. The Kier molecular flexibility index (Phi) is 6.09. The van der Waals surface area contributed by atoms with E-state index in [4.69, 9.17) is 21.1 Å². The van der Waals surface area contributed by atoms with Crippen molar-refractivity contribution in [3.8, 4) is 11.5 Å². The second-order valence-electron chi connectivity index (χ2n) is 5.45. The highest BCUT2D eigenvalue weighted by Gasteiger charge is 2.07. The number of rotatable bonds is 7. The van der Waals surface area contributed by atoms with E-state index in [1.54, 1.807) is 13.3 Å². The second kappa shape index (κ2) is 8.69. The summed E-state index contributed by atoms with van der Waals surface area (Å²) in [6.07, 6.45) is 1.71. The van der Waals surface area contributed by atoms with Gasteiger partial charge in [0.2, 0.25) is 5.13 Å². The summed E-state index contributed by atoms with van der Waals surface area (Å²) in [5.41, 5.74) is 5.68. The highest BCUT2D eigenvalue weighted by molar-refractivity contribution is 7.13. The lowest BCUT2D eigenvalue weighted by atomic mass is 10.2. The van der Waals surface area contributed by atoms with Crippen LogP contribution in [0.15, 0.2) is 52.9 Å². The number of halogens is 1. The largest absolute Gasteiger partial charge is 0.493 e. The Bertz CT molecular complexity index is 911. The molecule has 0 bridgehead atoms. The maximum Gasteiger partial charge on any atom is 0.203 e. The molecule has 0 aliphatic rings. The molecule has 1 N–H and O–H groups in total. The third-order valence-corrected chi connectivity index (χ3v) is 4.76. The number of nitrogens with zero attached hydrogens (tertiary/aromatic N) is 2. The number of ether oxygens (including phenoxy) is 2. The lowest BCUT2D eigenvalue weighted by Gasteiger charge is -2.12. The van der Waals surface area contributed by atoms with Crippen molar-refractivity contribution in [3.05, 3.63) is 69.7 Å². The van der Waals surface area contributed by atoms with Crippen LogP contribution in [0.25, 0.3) is 0 Å². The minimum atomic E-state index is 0.369. The first-order valence-electron chi connectivity index (χ1n) is 7.91. The first kappa shape index (κ1) is 18.2. The van der Waals surface area contributed by atoms with E-state index in [1.807, 2.05) is 54.8 Å². The Morgan fingerprint density at radius 1 is 1.23 bits per heavy atom. The minimum Gasteiger partial charge on any atom is -0.493 e. The van der Waals surface area contributed by atoms with Gasteiger partial charge in [0, 0.05) is 16.0 Å². The van der Waals surface area contributed by atoms with Gasteiger partial charge in [0.1, 0.15) is 6.61 Å². The van der Waals surface area contributed by atoms with E-state index in [2.05, 4.69) is 15.5 Å². The summed E-state index contributed by atoms with van der Waals surface area (Å²) in [7, 11) is 1.61. The number of hydrogen-bond acceptors (Lipinski definition) is 6. The highest BCUT2D eigenvalue weighted by Crippen LogP contribution is 2.29. The van der Waals surface area contributed by atoms with Crippen molar-refractivity contribution < 1.29 is 9.47 Å². The van der Waals surface area contributed by atoms with E-state index in [-0.39, 0.29) is 0 Å². The summed E-state index contributed by atoms with van der Waals surface area (Å²) in [6.45, 7) is 2.31. The number of thiazole rings is 1. The number of aromatic nitrogens is 1. The third-order valence-electron chi connectivity index (χ3n) is 3.52. The minimum absolute atomic E-state index is 0.369. The molecule has 0 amide bonds. The lowest BCUT2D eigenvalue weighted by molar-refractivity contribution is 0.284. The van der Waals surface area contributed by atoms with Crippen LogP contribution in [-0.4, -0.2) is 18.3 Å². The second-order valence-corrected chi connectivity index (χ2v) is 6.72. The fourth-order valence-electron chi connectivity index (χ4n) is 2.22. The van der Waals surface area contributed by atoms with E-state index in [1.165, 1.54) is 11.3 Å². The van der Waals surface area contributed by atoms with Crippen LogP contribution in [0.1, 0.15) is 16.8 Å². The molecule has 3 rings (SSSR count). The molecule has 26 heavy (non-hydrogen) atoms. The Morgan fingerprint density at radius 3 is 2.81 bits per heavy atom. The Labute approximate surface area is 161 Å². The maximum atomic E-state index is 6.16.